The van der Waals surface area contributed by atoms with E-state index < -0.39 is 0 Å². The lowest BCUT2D eigenvalue weighted by atomic mass is 9.86. The zero-order chi connectivity index (χ0) is 16.0. The molecule has 118 valence electrons. The molecule has 3 heteroatoms. The Labute approximate surface area is 128 Å². The molecular formula is C18H29NO2. The summed E-state index contributed by atoms with van der Waals surface area (Å²) in [6.07, 6.45) is 2.43. The Morgan fingerprint density at radius 1 is 1.24 bits per heavy atom. The molecule has 1 unspecified atom stereocenters. The number of carbonyl (C=O) groups excluding carboxylic acids is 1. The third-order valence-corrected chi connectivity index (χ3v) is 4.40. The molecule has 1 aromatic carbocycles. The summed E-state index contributed by atoms with van der Waals surface area (Å²) in [6, 6.07) is 3.88. The van der Waals surface area contributed by atoms with E-state index in [9.17, 15) is 4.79 Å². The van der Waals surface area contributed by atoms with Crippen LogP contribution >= 0.6 is 0 Å². The number of carbonyl (C=O) groups is 1. The van der Waals surface area contributed by atoms with Gasteiger partial charge in [-0.1, -0.05) is 19.9 Å². The molecular weight excluding hydrogens is 262 g/mol. The standard InChI is InChI=1S/C18H29NO2/c1-12(2)15(10-11-19)7-9-17(20)16-8-6-13(3)14(4)18(16)21-5/h6,8,12,15H,7,9-11,19H2,1-5H3. The lowest BCUT2D eigenvalue weighted by Crippen LogP contribution is -2.16. The topological polar surface area (TPSA) is 52.3 Å². The van der Waals surface area contributed by atoms with E-state index >= 15 is 0 Å². The summed E-state index contributed by atoms with van der Waals surface area (Å²) in [5.41, 5.74) is 8.56. The first-order valence-electron chi connectivity index (χ1n) is 7.79. The second kappa shape index (κ2) is 8.18. The van der Waals surface area contributed by atoms with Crippen molar-refractivity contribution in [3.63, 3.8) is 0 Å². The van der Waals surface area contributed by atoms with Crippen LogP contribution in [0.15, 0.2) is 12.1 Å². The van der Waals surface area contributed by atoms with Gasteiger partial charge in [-0.25, -0.2) is 0 Å². The predicted octanol–water partition coefficient (Wildman–Crippen LogP) is 3.90. The van der Waals surface area contributed by atoms with Crippen molar-refractivity contribution in [3.8, 4) is 5.75 Å². The Morgan fingerprint density at radius 3 is 2.43 bits per heavy atom. The van der Waals surface area contributed by atoms with Crippen LogP contribution in [0.5, 0.6) is 5.75 Å². The number of Topliss-reactive ketones (excluding diaryl/α,β-unsaturated/α-hetero) is 1. The van der Waals surface area contributed by atoms with Crippen LogP contribution in [0.4, 0.5) is 0 Å². The minimum Gasteiger partial charge on any atom is -0.496 e. The molecule has 21 heavy (non-hydrogen) atoms. The van der Waals surface area contributed by atoms with Crippen molar-refractivity contribution in [2.24, 2.45) is 17.6 Å². The number of ketones is 1. The first-order chi connectivity index (χ1) is 9.92. The van der Waals surface area contributed by atoms with Crippen LogP contribution in [0.3, 0.4) is 0 Å². The van der Waals surface area contributed by atoms with E-state index in [0.29, 0.717) is 30.4 Å². The van der Waals surface area contributed by atoms with E-state index in [1.165, 1.54) is 0 Å². The Morgan fingerprint density at radius 2 is 1.90 bits per heavy atom. The number of rotatable bonds is 8. The molecule has 0 spiro atoms. The number of nitrogens with two attached hydrogens (primary N) is 1. The van der Waals surface area contributed by atoms with Gasteiger partial charge in [0, 0.05) is 6.42 Å². The monoisotopic (exact) mass is 291 g/mol. The largest absolute Gasteiger partial charge is 0.496 e. The number of methoxy groups -OCH3 is 1. The lowest BCUT2D eigenvalue weighted by molar-refractivity contribution is 0.0966. The maximum atomic E-state index is 12.5. The molecule has 1 aromatic rings. The van der Waals surface area contributed by atoms with Crippen molar-refractivity contribution in [2.45, 2.75) is 47.0 Å². The molecule has 2 N–H and O–H groups in total. The van der Waals surface area contributed by atoms with Gasteiger partial charge < -0.3 is 10.5 Å². The molecule has 0 aliphatic heterocycles. The third kappa shape index (κ3) is 4.57. The van der Waals surface area contributed by atoms with Crippen LogP contribution in [0, 0.1) is 25.7 Å². The van der Waals surface area contributed by atoms with Crippen LogP contribution in [0.25, 0.3) is 0 Å². The molecule has 0 amide bonds. The number of aryl methyl sites for hydroxylation is 1. The summed E-state index contributed by atoms with van der Waals surface area (Å²) >= 11 is 0. The Kier molecular flexibility index (Phi) is 6.90. The van der Waals surface area contributed by atoms with Crippen LogP contribution < -0.4 is 10.5 Å². The Balaban J connectivity index is 2.83. The Hall–Kier alpha value is -1.35. The van der Waals surface area contributed by atoms with Gasteiger partial charge >= 0.3 is 0 Å². The number of ether oxygens (including phenoxy) is 1. The van der Waals surface area contributed by atoms with Gasteiger partial charge in [-0.3, -0.25) is 4.79 Å². The minimum absolute atomic E-state index is 0.164. The van der Waals surface area contributed by atoms with Crippen molar-refractivity contribution >= 4 is 5.78 Å². The van der Waals surface area contributed by atoms with Gasteiger partial charge in [-0.05, 0) is 62.3 Å². The van der Waals surface area contributed by atoms with E-state index in [1.807, 2.05) is 26.0 Å². The molecule has 0 saturated carbocycles. The summed E-state index contributed by atoms with van der Waals surface area (Å²) in [6.45, 7) is 9.10. The van der Waals surface area contributed by atoms with Gasteiger partial charge in [0.05, 0.1) is 12.7 Å². The van der Waals surface area contributed by atoms with Crippen LogP contribution in [-0.4, -0.2) is 19.4 Å². The van der Waals surface area contributed by atoms with E-state index in [0.717, 1.165) is 29.7 Å². The average Bonchev–Trinajstić information content (AvgIpc) is 2.45. The zero-order valence-electron chi connectivity index (χ0n) is 14.0. The smallest absolute Gasteiger partial charge is 0.166 e. The normalized spacial score (nSPS) is 12.5. The highest BCUT2D eigenvalue weighted by molar-refractivity contribution is 5.99. The van der Waals surface area contributed by atoms with Gasteiger partial charge in [0.1, 0.15) is 5.75 Å². The SMILES string of the molecule is COc1c(C(=O)CCC(CCN)C(C)C)ccc(C)c1C. The van der Waals surface area contributed by atoms with Gasteiger partial charge in [-0.15, -0.1) is 0 Å². The number of hydrogen-bond donors (Lipinski definition) is 1. The lowest BCUT2D eigenvalue weighted by Gasteiger charge is -2.20. The zero-order valence-corrected chi connectivity index (χ0v) is 14.0. The number of hydrogen-bond acceptors (Lipinski definition) is 3. The molecule has 3 nitrogen and oxygen atoms in total. The first-order valence-corrected chi connectivity index (χ1v) is 7.79. The highest BCUT2D eigenvalue weighted by atomic mass is 16.5. The maximum absolute atomic E-state index is 12.5. The molecule has 0 heterocycles. The molecule has 0 saturated heterocycles. The van der Waals surface area contributed by atoms with Crippen molar-refractivity contribution in [1.29, 1.82) is 0 Å². The van der Waals surface area contributed by atoms with Gasteiger partial charge in [0.25, 0.3) is 0 Å². The molecule has 0 aromatic heterocycles. The van der Waals surface area contributed by atoms with Gasteiger partial charge in [0.2, 0.25) is 0 Å². The molecule has 0 aliphatic carbocycles. The van der Waals surface area contributed by atoms with Gasteiger partial charge in [0.15, 0.2) is 5.78 Å². The fraction of sp³-hybridized carbons (Fsp3) is 0.611. The van der Waals surface area contributed by atoms with E-state index in [1.54, 1.807) is 7.11 Å². The highest BCUT2D eigenvalue weighted by Crippen LogP contribution is 2.29. The van der Waals surface area contributed by atoms with Gasteiger partial charge in [-0.2, -0.15) is 0 Å². The third-order valence-electron chi connectivity index (χ3n) is 4.40. The van der Waals surface area contributed by atoms with Crippen molar-refractivity contribution < 1.29 is 9.53 Å². The average molecular weight is 291 g/mol. The minimum atomic E-state index is 0.164. The fourth-order valence-corrected chi connectivity index (χ4v) is 2.75. The van der Waals surface area contributed by atoms with E-state index in [4.69, 9.17) is 10.5 Å². The molecule has 0 fully saturated rings. The molecule has 1 rings (SSSR count). The fourth-order valence-electron chi connectivity index (χ4n) is 2.75. The van der Waals surface area contributed by atoms with Crippen molar-refractivity contribution in [1.82, 2.24) is 0 Å². The first kappa shape index (κ1) is 17.7. The summed E-state index contributed by atoms with van der Waals surface area (Å²) in [5, 5.41) is 0. The second-order valence-corrected chi connectivity index (χ2v) is 6.13. The molecule has 1 atom stereocenters. The van der Waals surface area contributed by atoms with E-state index in [2.05, 4.69) is 13.8 Å². The maximum Gasteiger partial charge on any atom is 0.166 e. The summed E-state index contributed by atoms with van der Waals surface area (Å²) in [4.78, 5) is 12.5. The van der Waals surface area contributed by atoms with Crippen LogP contribution in [0.2, 0.25) is 0 Å². The quantitative estimate of drug-likeness (QED) is 0.739. The second-order valence-electron chi connectivity index (χ2n) is 6.13. The molecule has 0 radical (unpaired) electrons. The Bertz CT molecular complexity index is 480. The summed E-state index contributed by atoms with van der Waals surface area (Å²) < 4.78 is 5.44. The predicted molar refractivity (Wildman–Crippen MR) is 88.0 cm³/mol. The molecule has 0 bridgehead atoms. The summed E-state index contributed by atoms with van der Waals surface area (Å²) in [7, 11) is 1.63. The van der Waals surface area contributed by atoms with Crippen molar-refractivity contribution in [3.05, 3.63) is 28.8 Å². The highest BCUT2D eigenvalue weighted by Gasteiger charge is 2.18. The molecule has 0 aliphatic rings. The number of benzene rings is 1. The van der Waals surface area contributed by atoms with Crippen LogP contribution in [-0.2, 0) is 0 Å². The van der Waals surface area contributed by atoms with Crippen LogP contribution in [0.1, 0.15) is 54.6 Å². The van der Waals surface area contributed by atoms with Crippen molar-refractivity contribution in [2.75, 3.05) is 13.7 Å². The van der Waals surface area contributed by atoms with E-state index in [-0.39, 0.29) is 5.78 Å². The summed E-state index contributed by atoms with van der Waals surface area (Å²) in [5.74, 6) is 1.96.